The van der Waals surface area contributed by atoms with Crippen LogP contribution in [0.15, 0.2) is 102 Å². The van der Waals surface area contributed by atoms with E-state index in [1.165, 1.54) is 43.7 Å². The number of methoxy groups -OCH3 is 1. The highest BCUT2D eigenvalue weighted by Gasteiger charge is 2.13. The highest BCUT2D eigenvalue weighted by molar-refractivity contribution is 6.05. The van der Waals surface area contributed by atoms with Crippen LogP contribution in [-0.2, 0) is 0 Å². The molecule has 40 heavy (non-hydrogen) atoms. The minimum absolute atomic E-state index is 0.128. The maximum atomic E-state index is 12.6. The number of anilines is 1. The molecule has 0 bridgehead atoms. The number of nitro benzene ring substituents is 1. The number of non-ortho nitro benzene ring substituents is 1. The molecule has 0 aliphatic carbocycles. The number of nitrogens with zero attached hydrogens (tertiary/aromatic N) is 2. The van der Waals surface area contributed by atoms with Crippen LogP contribution in [0.25, 0.3) is 0 Å². The molecule has 0 fully saturated rings. The van der Waals surface area contributed by atoms with Gasteiger partial charge in [-0.05, 0) is 66.2 Å². The van der Waals surface area contributed by atoms with E-state index in [1.54, 1.807) is 66.7 Å². The number of carbonyl (C=O) groups is 3. The first-order valence-electron chi connectivity index (χ1n) is 11.8. The summed E-state index contributed by atoms with van der Waals surface area (Å²) in [5.41, 5.74) is 4.06. The van der Waals surface area contributed by atoms with E-state index in [9.17, 15) is 24.5 Å². The molecule has 4 aromatic rings. The smallest absolute Gasteiger partial charge is 0.343 e. The Balaban J connectivity index is 1.37. The first-order chi connectivity index (χ1) is 19.3. The minimum Gasteiger partial charge on any atom is -0.493 e. The van der Waals surface area contributed by atoms with Crippen LogP contribution >= 0.6 is 0 Å². The SMILES string of the molecule is COc1cc(C=NNC(=O)c2cccc(NC(=O)c3ccc([N+](=O)[O-])cc3)c2)ccc1OC(=O)c1ccccc1. The minimum atomic E-state index is -0.554. The lowest BCUT2D eigenvalue weighted by atomic mass is 10.1. The van der Waals surface area contributed by atoms with Crippen molar-refractivity contribution in [2.45, 2.75) is 0 Å². The average Bonchev–Trinajstić information content (AvgIpc) is 2.98. The Kier molecular flexibility index (Phi) is 8.57. The van der Waals surface area contributed by atoms with Gasteiger partial charge >= 0.3 is 5.97 Å². The second-order valence-electron chi connectivity index (χ2n) is 8.20. The molecular formula is C29H22N4O7. The van der Waals surface area contributed by atoms with E-state index in [0.717, 1.165) is 0 Å². The van der Waals surface area contributed by atoms with Gasteiger partial charge in [0.25, 0.3) is 17.5 Å². The van der Waals surface area contributed by atoms with E-state index in [1.807, 2.05) is 0 Å². The summed E-state index contributed by atoms with van der Waals surface area (Å²) in [5.74, 6) is -1.01. The predicted molar refractivity (Wildman–Crippen MR) is 147 cm³/mol. The third-order valence-corrected chi connectivity index (χ3v) is 5.50. The third kappa shape index (κ3) is 6.92. The van der Waals surface area contributed by atoms with Gasteiger partial charge < -0.3 is 14.8 Å². The Morgan fingerprint density at radius 1 is 0.800 bits per heavy atom. The molecule has 2 N–H and O–H groups in total. The predicted octanol–water partition coefficient (Wildman–Crippen LogP) is 4.84. The Bertz CT molecular complexity index is 1590. The number of amides is 2. The zero-order valence-electron chi connectivity index (χ0n) is 21.1. The van der Waals surface area contributed by atoms with E-state index >= 15 is 0 Å². The van der Waals surface area contributed by atoms with Crippen LogP contribution in [0, 0.1) is 10.1 Å². The van der Waals surface area contributed by atoms with E-state index < -0.39 is 22.7 Å². The van der Waals surface area contributed by atoms with Gasteiger partial charge in [0.1, 0.15) is 0 Å². The van der Waals surface area contributed by atoms with Gasteiger partial charge in [0.05, 0.1) is 23.8 Å². The van der Waals surface area contributed by atoms with Gasteiger partial charge in [-0.15, -0.1) is 0 Å². The quantitative estimate of drug-likeness (QED) is 0.102. The van der Waals surface area contributed by atoms with Gasteiger partial charge in [0.15, 0.2) is 11.5 Å². The molecule has 4 aromatic carbocycles. The summed E-state index contributed by atoms with van der Waals surface area (Å²) in [6, 6.07) is 24.7. The molecular weight excluding hydrogens is 516 g/mol. The number of rotatable bonds is 9. The van der Waals surface area contributed by atoms with Crippen molar-refractivity contribution in [2.24, 2.45) is 5.10 Å². The Hall–Kier alpha value is -5.84. The number of nitro groups is 1. The molecule has 0 radical (unpaired) electrons. The molecule has 0 unspecified atom stereocenters. The first-order valence-corrected chi connectivity index (χ1v) is 11.8. The summed E-state index contributed by atoms with van der Waals surface area (Å²) in [5, 5.41) is 17.4. The van der Waals surface area contributed by atoms with Crippen molar-refractivity contribution in [1.82, 2.24) is 5.43 Å². The van der Waals surface area contributed by atoms with Gasteiger partial charge in [-0.25, -0.2) is 10.2 Å². The van der Waals surface area contributed by atoms with Crippen LogP contribution in [0.3, 0.4) is 0 Å². The second-order valence-corrected chi connectivity index (χ2v) is 8.20. The molecule has 2 amide bonds. The van der Waals surface area contributed by atoms with Crippen molar-refractivity contribution in [3.8, 4) is 11.5 Å². The third-order valence-electron chi connectivity index (χ3n) is 5.50. The van der Waals surface area contributed by atoms with Crippen molar-refractivity contribution >= 4 is 35.4 Å². The lowest BCUT2D eigenvalue weighted by Gasteiger charge is -2.10. The zero-order chi connectivity index (χ0) is 28.5. The van der Waals surface area contributed by atoms with Gasteiger partial charge in [0, 0.05) is 28.9 Å². The molecule has 0 aromatic heterocycles. The molecule has 4 rings (SSSR count). The average molecular weight is 539 g/mol. The van der Waals surface area contributed by atoms with Gasteiger partial charge in [-0.1, -0.05) is 24.3 Å². The first kappa shape index (κ1) is 27.2. The normalized spacial score (nSPS) is 10.5. The molecule has 0 aliphatic rings. The van der Waals surface area contributed by atoms with Crippen molar-refractivity contribution < 1.29 is 28.8 Å². The van der Waals surface area contributed by atoms with Crippen LogP contribution in [0.1, 0.15) is 36.6 Å². The zero-order valence-corrected chi connectivity index (χ0v) is 21.1. The molecule has 0 saturated heterocycles. The number of nitrogens with one attached hydrogen (secondary N) is 2. The highest BCUT2D eigenvalue weighted by atomic mass is 16.6. The summed E-state index contributed by atoms with van der Waals surface area (Å²) < 4.78 is 10.7. The van der Waals surface area contributed by atoms with Crippen molar-refractivity contribution in [3.63, 3.8) is 0 Å². The van der Waals surface area contributed by atoms with Crippen molar-refractivity contribution in [1.29, 1.82) is 0 Å². The van der Waals surface area contributed by atoms with Crippen LogP contribution < -0.4 is 20.2 Å². The molecule has 0 heterocycles. The van der Waals surface area contributed by atoms with Gasteiger partial charge in [0.2, 0.25) is 0 Å². The van der Waals surface area contributed by atoms with E-state index in [2.05, 4.69) is 15.8 Å². The molecule has 11 nitrogen and oxygen atoms in total. The largest absolute Gasteiger partial charge is 0.493 e. The number of hydrogen-bond acceptors (Lipinski definition) is 8. The number of hydrogen-bond donors (Lipinski definition) is 2. The fourth-order valence-corrected chi connectivity index (χ4v) is 3.49. The van der Waals surface area contributed by atoms with Crippen LogP contribution in [0.4, 0.5) is 11.4 Å². The van der Waals surface area contributed by atoms with Crippen LogP contribution in [0.2, 0.25) is 0 Å². The topological polar surface area (TPSA) is 149 Å². The van der Waals surface area contributed by atoms with E-state index in [4.69, 9.17) is 9.47 Å². The summed E-state index contributed by atoms with van der Waals surface area (Å²) in [7, 11) is 1.44. The van der Waals surface area contributed by atoms with Crippen LogP contribution in [0.5, 0.6) is 11.5 Å². The number of benzene rings is 4. The standard InChI is InChI=1S/C29H22N4O7/c1-39-26-16-19(10-15-25(26)40-29(36)21-6-3-2-4-7-21)18-30-32-28(35)22-8-5-9-23(17-22)31-27(34)20-11-13-24(14-12-20)33(37)38/h2-18H,1H3,(H,31,34)(H,32,35). The lowest BCUT2D eigenvalue weighted by Crippen LogP contribution is -2.18. The Labute approximate surface area is 228 Å². The fourth-order valence-electron chi connectivity index (χ4n) is 3.49. The number of esters is 1. The molecule has 0 aliphatic heterocycles. The fraction of sp³-hybridized carbons (Fsp3) is 0.0345. The highest BCUT2D eigenvalue weighted by Crippen LogP contribution is 2.28. The second kappa shape index (κ2) is 12.6. The molecule has 0 saturated carbocycles. The monoisotopic (exact) mass is 538 g/mol. The molecule has 0 atom stereocenters. The summed E-state index contributed by atoms with van der Waals surface area (Å²) in [4.78, 5) is 47.6. The van der Waals surface area contributed by atoms with Crippen molar-refractivity contribution in [2.75, 3.05) is 12.4 Å². The maximum Gasteiger partial charge on any atom is 0.343 e. The van der Waals surface area contributed by atoms with Gasteiger partial charge in [-0.3, -0.25) is 19.7 Å². The number of carbonyl (C=O) groups excluding carboxylic acids is 3. The Morgan fingerprint density at radius 3 is 2.23 bits per heavy atom. The lowest BCUT2D eigenvalue weighted by molar-refractivity contribution is -0.384. The maximum absolute atomic E-state index is 12.6. The number of ether oxygens (including phenoxy) is 2. The summed E-state index contributed by atoms with van der Waals surface area (Å²) in [6.07, 6.45) is 1.39. The molecule has 0 spiro atoms. The summed E-state index contributed by atoms with van der Waals surface area (Å²) >= 11 is 0. The van der Waals surface area contributed by atoms with Crippen LogP contribution in [-0.4, -0.2) is 36.0 Å². The number of hydrazone groups is 1. The Morgan fingerprint density at radius 2 is 1.52 bits per heavy atom. The van der Waals surface area contributed by atoms with Crippen molar-refractivity contribution in [3.05, 3.63) is 129 Å². The molecule has 11 heteroatoms. The summed E-state index contributed by atoms with van der Waals surface area (Å²) in [6.45, 7) is 0. The van der Waals surface area contributed by atoms with E-state index in [-0.39, 0.29) is 22.6 Å². The van der Waals surface area contributed by atoms with Gasteiger partial charge in [-0.2, -0.15) is 5.10 Å². The van der Waals surface area contributed by atoms with E-state index in [0.29, 0.717) is 22.6 Å². The molecule has 200 valence electrons.